The van der Waals surface area contributed by atoms with E-state index in [0.29, 0.717) is 12.7 Å². The largest absolute Gasteiger partial charge is 0.362 e. The molecule has 0 aromatic heterocycles. The molecule has 0 bridgehead atoms. The van der Waals surface area contributed by atoms with Crippen LogP contribution < -0.4 is 10.6 Å². The van der Waals surface area contributed by atoms with Crippen LogP contribution in [0, 0.1) is 11.8 Å². The Hall–Kier alpha value is -0.730. The molecule has 0 saturated heterocycles. The highest BCUT2D eigenvalue weighted by molar-refractivity contribution is 5.55. The van der Waals surface area contributed by atoms with E-state index in [1.54, 1.807) is 0 Å². The van der Waals surface area contributed by atoms with Gasteiger partial charge in [-0.3, -0.25) is 4.99 Å². The number of nitrogens with one attached hydrogen (secondary N) is 2. The van der Waals surface area contributed by atoms with Gasteiger partial charge in [0.2, 0.25) is 0 Å². The van der Waals surface area contributed by atoms with E-state index < -0.39 is 0 Å². The van der Waals surface area contributed by atoms with Gasteiger partial charge in [-0.05, 0) is 45.6 Å². The van der Waals surface area contributed by atoms with Crippen molar-refractivity contribution in [2.45, 2.75) is 99.3 Å². The van der Waals surface area contributed by atoms with Crippen molar-refractivity contribution in [1.82, 2.24) is 25.6 Å². The fourth-order valence-electron chi connectivity index (χ4n) is 4.30. The fourth-order valence-corrected chi connectivity index (χ4v) is 4.30. The number of unbranched alkanes of at least 4 members (excludes halogenated alkanes) is 2. The molecule has 0 radical (unpaired) electrons. The van der Waals surface area contributed by atoms with Crippen LogP contribution in [-0.4, -0.2) is 93.6 Å². The molecule has 0 aromatic carbocycles. The van der Waals surface area contributed by atoms with Gasteiger partial charge in [0.15, 0.2) is 0 Å². The normalized spacial score (nSPS) is 15.1. The van der Waals surface area contributed by atoms with Crippen molar-refractivity contribution in [2.75, 3.05) is 60.1 Å². The number of rotatable bonds is 23. The summed E-state index contributed by atoms with van der Waals surface area (Å²) in [5.41, 5.74) is 0. The standard InChI is InChI=1S/C27H60N6O/c1-10-14-15-16-26(24(5)6)17-20-34-27(11-2)31(9)33(13-4)23-30-22-32(12-3)25(7)21-29-19-18-28-8/h22,24-29H,10-21,23H2,1-9H3/b30-22+. The summed E-state index contributed by atoms with van der Waals surface area (Å²) < 4.78 is 6.38. The van der Waals surface area contributed by atoms with Crippen molar-refractivity contribution in [2.24, 2.45) is 16.8 Å². The third-order valence-corrected chi connectivity index (χ3v) is 6.90. The number of hydrogen-bond acceptors (Lipinski definition) is 6. The zero-order valence-corrected chi connectivity index (χ0v) is 24.3. The van der Waals surface area contributed by atoms with E-state index in [-0.39, 0.29) is 6.23 Å². The number of hydrazine groups is 1. The molecule has 0 rings (SSSR count). The monoisotopic (exact) mass is 484 g/mol. The van der Waals surface area contributed by atoms with Gasteiger partial charge in [-0.15, -0.1) is 0 Å². The van der Waals surface area contributed by atoms with Crippen molar-refractivity contribution in [1.29, 1.82) is 0 Å². The molecular formula is C27H60N6O. The molecule has 34 heavy (non-hydrogen) atoms. The average molecular weight is 485 g/mol. The minimum absolute atomic E-state index is 0.0937. The van der Waals surface area contributed by atoms with E-state index >= 15 is 0 Å². The molecule has 0 spiro atoms. The molecule has 204 valence electrons. The van der Waals surface area contributed by atoms with E-state index in [4.69, 9.17) is 9.73 Å². The lowest BCUT2D eigenvalue weighted by molar-refractivity contribution is -0.152. The van der Waals surface area contributed by atoms with Crippen LogP contribution in [0.25, 0.3) is 0 Å². The van der Waals surface area contributed by atoms with E-state index in [1.165, 1.54) is 25.7 Å². The average Bonchev–Trinajstić information content (AvgIpc) is 2.83. The summed E-state index contributed by atoms with van der Waals surface area (Å²) in [6.07, 6.45) is 9.55. The predicted octanol–water partition coefficient (Wildman–Crippen LogP) is 4.66. The van der Waals surface area contributed by atoms with Crippen LogP contribution in [0.4, 0.5) is 0 Å². The minimum Gasteiger partial charge on any atom is -0.362 e. The van der Waals surface area contributed by atoms with Crippen molar-refractivity contribution < 1.29 is 4.74 Å². The lowest BCUT2D eigenvalue weighted by atomic mass is 9.88. The maximum absolute atomic E-state index is 6.38. The Kier molecular flexibility index (Phi) is 21.1. The molecule has 3 unspecified atom stereocenters. The highest BCUT2D eigenvalue weighted by Gasteiger charge is 2.20. The van der Waals surface area contributed by atoms with E-state index in [1.807, 2.05) is 13.4 Å². The summed E-state index contributed by atoms with van der Waals surface area (Å²) in [5.74, 6) is 1.48. The number of hydrogen-bond donors (Lipinski definition) is 2. The predicted molar refractivity (Wildman–Crippen MR) is 149 cm³/mol. The molecule has 7 nitrogen and oxygen atoms in total. The molecule has 0 amide bonds. The van der Waals surface area contributed by atoms with Gasteiger partial charge in [0.05, 0.1) is 6.34 Å². The molecular weight excluding hydrogens is 424 g/mol. The highest BCUT2D eigenvalue weighted by Crippen LogP contribution is 2.23. The number of ether oxygens (including phenoxy) is 1. The van der Waals surface area contributed by atoms with Gasteiger partial charge in [0.25, 0.3) is 0 Å². The lowest BCUT2D eigenvalue weighted by Gasteiger charge is -2.36. The first-order valence-corrected chi connectivity index (χ1v) is 14.1. The molecule has 7 heteroatoms. The Bertz CT molecular complexity index is 476. The smallest absolute Gasteiger partial charge is 0.122 e. The second-order valence-corrected chi connectivity index (χ2v) is 9.85. The first-order chi connectivity index (χ1) is 16.4. The van der Waals surface area contributed by atoms with E-state index in [9.17, 15) is 0 Å². The van der Waals surface area contributed by atoms with Crippen LogP contribution in [-0.2, 0) is 4.74 Å². The maximum Gasteiger partial charge on any atom is 0.122 e. The van der Waals surface area contributed by atoms with Crippen LogP contribution in [0.1, 0.15) is 87.0 Å². The van der Waals surface area contributed by atoms with Gasteiger partial charge in [0, 0.05) is 52.4 Å². The summed E-state index contributed by atoms with van der Waals surface area (Å²) >= 11 is 0. The fraction of sp³-hybridized carbons (Fsp3) is 0.963. The molecule has 0 aliphatic heterocycles. The summed E-state index contributed by atoms with van der Waals surface area (Å²) in [4.78, 5) is 7.08. The van der Waals surface area contributed by atoms with Gasteiger partial charge in [-0.2, -0.15) is 0 Å². The van der Waals surface area contributed by atoms with E-state index in [0.717, 1.165) is 64.0 Å². The Morgan fingerprint density at radius 1 is 0.971 bits per heavy atom. The quantitative estimate of drug-likeness (QED) is 0.0723. The maximum atomic E-state index is 6.38. The van der Waals surface area contributed by atoms with E-state index in [2.05, 4.69) is 81.1 Å². The van der Waals surface area contributed by atoms with Crippen molar-refractivity contribution in [3.8, 4) is 0 Å². The second kappa shape index (κ2) is 21.5. The van der Waals surface area contributed by atoms with Crippen molar-refractivity contribution in [3.05, 3.63) is 0 Å². The summed E-state index contributed by atoms with van der Waals surface area (Å²) in [5, 5.41) is 11.2. The molecule has 0 aliphatic rings. The van der Waals surface area contributed by atoms with Gasteiger partial charge in [0.1, 0.15) is 12.9 Å². The first kappa shape index (κ1) is 33.3. The van der Waals surface area contributed by atoms with Crippen molar-refractivity contribution in [3.63, 3.8) is 0 Å². The SMILES string of the molecule is CCCCCC(CCOC(CC)N(C)N(CC)C/N=C/N(CC)C(C)CNCCNC)C(C)C. The lowest BCUT2D eigenvalue weighted by Crippen LogP contribution is -2.47. The summed E-state index contributed by atoms with van der Waals surface area (Å²) in [7, 11) is 4.12. The van der Waals surface area contributed by atoms with Crippen LogP contribution in [0.5, 0.6) is 0 Å². The number of aliphatic imine (C=N–C) groups is 1. The number of nitrogens with zero attached hydrogens (tertiary/aromatic N) is 4. The van der Waals surface area contributed by atoms with Crippen molar-refractivity contribution >= 4 is 6.34 Å². The Morgan fingerprint density at radius 3 is 2.26 bits per heavy atom. The van der Waals surface area contributed by atoms with Crippen LogP contribution in [0.2, 0.25) is 0 Å². The number of likely N-dealkylation sites (N-methyl/N-ethyl adjacent to an activating group) is 2. The molecule has 0 heterocycles. The topological polar surface area (TPSA) is 55.4 Å². The van der Waals surface area contributed by atoms with Crippen LogP contribution >= 0.6 is 0 Å². The van der Waals surface area contributed by atoms with Crippen LogP contribution in [0.15, 0.2) is 4.99 Å². The first-order valence-electron chi connectivity index (χ1n) is 14.1. The third kappa shape index (κ3) is 14.6. The Morgan fingerprint density at radius 2 is 1.71 bits per heavy atom. The molecule has 0 aliphatic carbocycles. The van der Waals surface area contributed by atoms with Gasteiger partial charge in [-0.1, -0.05) is 60.3 Å². The Balaban J connectivity index is 4.68. The third-order valence-electron chi connectivity index (χ3n) is 6.90. The molecule has 0 fully saturated rings. The Labute approximate surface area is 213 Å². The molecule has 0 aromatic rings. The molecule has 3 atom stereocenters. The van der Waals surface area contributed by atoms with Crippen LogP contribution in [0.3, 0.4) is 0 Å². The van der Waals surface area contributed by atoms with Gasteiger partial charge >= 0.3 is 0 Å². The zero-order chi connectivity index (χ0) is 25.8. The summed E-state index contributed by atoms with van der Waals surface area (Å²) in [6, 6.07) is 0.413. The second-order valence-electron chi connectivity index (χ2n) is 9.85. The summed E-state index contributed by atoms with van der Waals surface area (Å²) in [6.45, 7) is 22.1. The minimum atomic E-state index is 0.0937. The van der Waals surface area contributed by atoms with Gasteiger partial charge in [-0.25, -0.2) is 10.0 Å². The molecule has 0 saturated carbocycles. The zero-order valence-electron chi connectivity index (χ0n) is 24.3. The van der Waals surface area contributed by atoms with Gasteiger partial charge < -0.3 is 20.3 Å². The highest BCUT2D eigenvalue weighted by atomic mass is 16.5. The molecule has 2 N–H and O–H groups in total.